The topological polar surface area (TPSA) is 68.0 Å². The predicted molar refractivity (Wildman–Crippen MR) is 121 cm³/mol. The molecule has 0 radical (unpaired) electrons. The number of aromatic nitrogens is 3. The second kappa shape index (κ2) is 8.21. The van der Waals surface area contributed by atoms with Gasteiger partial charge in [0, 0.05) is 17.4 Å². The van der Waals surface area contributed by atoms with E-state index < -0.39 is 0 Å². The molecule has 0 spiro atoms. The maximum atomic E-state index is 12.8. The first kappa shape index (κ1) is 22.0. The third-order valence-corrected chi connectivity index (χ3v) is 5.73. The largest absolute Gasteiger partial charge is 0.505 e. The fraction of sp³-hybridized carbons (Fsp3) is 0.480. The molecule has 0 fully saturated rings. The highest BCUT2D eigenvalue weighted by atomic mass is 16.3. The lowest BCUT2D eigenvalue weighted by Crippen LogP contribution is -2.24. The summed E-state index contributed by atoms with van der Waals surface area (Å²) in [4.78, 5) is 14.3. The number of carbonyl (C=O) groups excluding carboxylic acids is 1. The van der Waals surface area contributed by atoms with Crippen LogP contribution in [0.5, 0.6) is 5.75 Å². The van der Waals surface area contributed by atoms with E-state index in [1.807, 2.05) is 50.2 Å². The molecule has 160 valence electrons. The van der Waals surface area contributed by atoms with Crippen molar-refractivity contribution < 1.29 is 9.90 Å². The van der Waals surface area contributed by atoms with Crippen LogP contribution in [0.4, 0.5) is 0 Å². The number of ketones is 1. The Kier molecular flexibility index (Phi) is 6.02. The van der Waals surface area contributed by atoms with Gasteiger partial charge in [0.25, 0.3) is 0 Å². The van der Waals surface area contributed by atoms with Crippen LogP contribution < -0.4 is 0 Å². The summed E-state index contributed by atoms with van der Waals surface area (Å²) in [5.41, 5.74) is 3.38. The second-order valence-corrected chi connectivity index (χ2v) is 9.80. The van der Waals surface area contributed by atoms with Crippen molar-refractivity contribution in [3.63, 3.8) is 0 Å². The zero-order valence-electron chi connectivity index (χ0n) is 19.0. The van der Waals surface area contributed by atoms with Crippen molar-refractivity contribution in [3.05, 3.63) is 47.5 Å². The maximum absolute atomic E-state index is 12.8. The number of phenols is 1. The number of aromatic hydroxyl groups is 1. The molecule has 0 bridgehead atoms. The Morgan fingerprint density at radius 3 is 2.17 bits per heavy atom. The number of aryl methyl sites for hydroxylation is 1. The number of Topliss-reactive ketones (excluding diaryl/α,β-unsaturated/α-hetero) is 1. The average Bonchev–Trinajstić information content (AvgIpc) is 3.09. The van der Waals surface area contributed by atoms with Gasteiger partial charge in [-0.3, -0.25) is 4.79 Å². The standard InChI is InChI=1S/C25H33N3O2/c1-7-14-25(5,6)22(29)13-12-17-15-18(24(2,3)4)23(30)21(16-17)28-26-19-10-8-9-11-20(19)27-28/h8-11,15-16,30H,7,12-14H2,1-6H3. The summed E-state index contributed by atoms with van der Waals surface area (Å²) >= 11 is 0. The molecule has 5 heteroatoms. The molecular formula is C25H33N3O2. The second-order valence-electron chi connectivity index (χ2n) is 9.80. The minimum atomic E-state index is -0.303. The first-order valence-corrected chi connectivity index (χ1v) is 10.7. The molecule has 30 heavy (non-hydrogen) atoms. The first-order chi connectivity index (χ1) is 14.0. The molecule has 0 unspecified atom stereocenters. The molecule has 0 amide bonds. The van der Waals surface area contributed by atoms with Crippen LogP contribution in [-0.2, 0) is 16.6 Å². The first-order valence-electron chi connectivity index (χ1n) is 10.7. The Labute approximate surface area is 179 Å². The van der Waals surface area contributed by atoms with E-state index in [2.05, 4.69) is 37.9 Å². The average molecular weight is 408 g/mol. The van der Waals surface area contributed by atoms with Gasteiger partial charge in [0.1, 0.15) is 28.3 Å². The van der Waals surface area contributed by atoms with Crippen LogP contribution in [0, 0.1) is 5.41 Å². The zero-order valence-corrected chi connectivity index (χ0v) is 19.0. The molecular weight excluding hydrogens is 374 g/mol. The van der Waals surface area contributed by atoms with Crippen LogP contribution in [0.25, 0.3) is 16.7 Å². The molecule has 3 rings (SSSR count). The highest BCUT2D eigenvalue weighted by molar-refractivity contribution is 5.84. The van der Waals surface area contributed by atoms with Gasteiger partial charge >= 0.3 is 0 Å². The summed E-state index contributed by atoms with van der Waals surface area (Å²) in [5, 5.41) is 20.1. The Balaban J connectivity index is 2.00. The highest BCUT2D eigenvalue weighted by Gasteiger charge is 2.27. The van der Waals surface area contributed by atoms with Gasteiger partial charge in [0.05, 0.1) is 0 Å². The van der Waals surface area contributed by atoms with E-state index in [0.29, 0.717) is 18.5 Å². The summed E-state index contributed by atoms with van der Waals surface area (Å²) in [6, 6.07) is 11.6. The Morgan fingerprint density at radius 2 is 1.63 bits per heavy atom. The van der Waals surface area contributed by atoms with E-state index in [9.17, 15) is 9.90 Å². The molecule has 0 saturated heterocycles. The molecule has 1 heterocycles. The van der Waals surface area contributed by atoms with E-state index >= 15 is 0 Å². The van der Waals surface area contributed by atoms with Crippen molar-refractivity contribution in [3.8, 4) is 11.4 Å². The third kappa shape index (κ3) is 4.55. The summed E-state index contributed by atoms with van der Waals surface area (Å²) in [6.45, 7) is 12.4. The van der Waals surface area contributed by atoms with Gasteiger partial charge < -0.3 is 5.11 Å². The minimum Gasteiger partial charge on any atom is -0.505 e. The van der Waals surface area contributed by atoms with Gasteiger partial charge in [-0.25, -0.2) is 0 Å². The van der Waals surface area contributed by atoms with Gasteiger partial charge in [-0.15, -0.1) is 15.0 Å². The number of fused-ring (bicyclic) bond motifs is 1. The minimum absolute atomic E-state index is 0.184. The number of hydrogen-bond donors (Lipinski definition) is 1. The lowest BCUT2D eigenvalue weighted by molar-refractivity contribution is -0.127. The van der Waals surface area contributed by atoms with E-state index in [-0.39, 0.29) is 22.4 Å². The van der Waals surface area contributed by atoms with Gasteiger partial charge in [-0.05, 0) is 42.0 Å². The number of nitrogens with zero attached hydrogens (tertiary/aromatic N) is 3. The summed E-state index contributed by atoms with van der Waals surface area (Å²) < 4.78 is 0. The molecule has 0 aliphatic rings. The lowest BCUT2D eigenvalue weighted by Gasteiger charge is -2.24. The van der Waals surface area contributed by atoms with Crippen LogP contribution in [0.15, 0.2) is 36.4 Å². The lowest BCUT2D eigenvalue weighted by atomic mass is 9.80. The van der Waals surface area contributed by atoms with Crippen molar-refractivity contribution in [2.24, 2.45) is 5.41 Å². The number of hydrogen-bond acceptors (Lipinski definition) is 4. The maximum Gasteiger partial charge on any atom is 0.146 e. The van der Waals surface area contributed by atoms with Gasteiger partial charge in [-0.1, -0.05) is 66.2 Å². The fourth-order valence-corrected chi connectivity index (χ4v) is 3.87. The molecule has 0 aliphatic heterocycles. The van der Waals surface area contributed by atoms with Crippen LogP contribution in [-0.4, -0.2) is 25.9 Å². The van der Waals surface area contributed by atoms with E-state index in [1.165, 1.54) is 4.80 Å². The van der Waals surface area contributed by atoms with Crippen molar-refractivity contribution in [2.75, 3.05) is 0 Å². The number of rotatable bonds is 7. The number of carbonyl (C=O) groups is 1. The summed E-state index contributed by atoms with van der Waals surface area (Å²) in [7, 11) is 0. The molecule has 0 atom stereocenters. The van der Waals surface area contributed by atoms with E-state index in [4.69, 9.17) is 0 Å². The highest BCUT2D eigenvalue weighted by Crippen LogP contribution is 2.37. The Bertz CT molecular complexity index is 1020. The van der Waals surface area contributed by atoms with Crippen molar-refractivity contribution in [1.29, 1.82) is 0 Å². The molecule has 3 aromatic rings. The van der Waals surface area contributed by atoms with E-state index in [1.54, 1.807) is 0 Å². The zero-order chi connectivity index (χ0) is 22.1. The van der Waals surface area contributed by atoms with Gasteiger partial charge in [0.2, 0.25) is 0 Å². The number of phenolic OH excluding ortho intramolecular Hbond substituents is 1. The molecule has 1 N–H and O–H groups in total. The quantitative estimate of drug-likeness (QED) is 0.541. The summed E-state index contributed by atoms with van der Waals surface area (Å²) in [6.07, 6.45) is 3.00. The van der Waals surface area contributed by atoms with Crippen molar-refractivity contribution in [2.45, 2.75) is 72.6 Å². The summed E-state index contributed by atoms with van der Waals surface area (Å²) in [5.74, 6) is 0.462. The van der Waals surface area contributed by atoms with Gasteiger partial charge in [-0.2, -0.15) is 0 Å². The van der Waals surface area contributed by atoms with E-state index in [0.717, 1.165) is 35.0 Å². The van der Waals surface area contributed by atoms with Crippen LogP contribution in [0.2, 0.25) is 0 Å². The molecule has 0 saturated carbocycles. The molecule has 5 nitrogen and oxygen atoms in total. The normalized spacial score (nSPS) is 12.5. The molecule has 0 aliphatic carbocycles. The van der Waals surface area contributed by atoms with Crippen molar-refractivity contribution in [1.82, 2.24) is 15.0 Å². The third-order valence-electron chi connectivity index (χ3n) is 5.73. The number of benzene rings is 2. The molecule has 1 aromatic heterocycles. The fourth-order valence-electron chi connectivity index (χ4n) is 3.87. The molecule has 2 aromatic carbocycles. The smallest absolute Gasteiger partial charge is 0.146 e. The van der Waals surface area contributed by atoms with Crippen LogP contribution in [0.1, 0.15) is 71.9 Å². The van der Waals surface area contributed by atoms with Crippen LogP contribution >= 0.6 is 0 Å². The monoisotopic (exact) mass is 407 g/mol. The predicted octanol–water partition coefficient (Wildman–Crippen LogP) is 5.75. The van der Waals surface area contributed by atoms with Gasteiger partial charge in [0.15, 0.2) is 0 Å². The van der Waals surface area contributed by atoms with Crippen LogP contribution in [0.3, 0.4) is 0 Å². The Hall–Kier alpha value is -2.69. The Morgan fingerprint density at radius 1 is 1.03 bits per heavy atom. The van der Waals surface area contributed by atoms with Crippen molar-refractivity contribution >= 4 is 16.8 Å². The SMILES string of the molecule is CCCC(C)(C)C(=O)CCc1cc(-n2nc3ccccc3n2)c(O)c(C(C)(C)C)c1.